The molecule has 1 saturated carbocycles. The Morgan fingerprint density at radius 2 is 2.16 bits per heavy atom. The van der Waals surface area contributed by atoms with Gasteiger partial charge in [0, 0.05) is 13.2 Å². The predicted molar refractivity (Wildman–Crippen MR) is 67.0 cm³/mol. The number of nitrogens with zero attached hydrogens (tertiary/aromatic N) is 1. The summed E-state index contributed by atoms with van der Waals surface area (Å²) in [7, 11) is 1.63. The van der Waals surface area contributed by atoms with Gasteiger partial charge in [0.25, 0.3) is 0 Å². The van der Waals surface area contributed by atoms with Gasteiger partial charge in [-0.3, -0.25) is 0 Å². The molecule has 0 radical (unpaired) electrons. The van der Waals surface area contributed by atoms with E-state index in [9.17, 15) is 13.2 Å². The van der Waals surface area contributed by atoms with Gasteiger partial charge in [0.15, 0.2) is 5.69 Å². The zero-order chi connectivity index (χ0) is 14.0. The molecule has 1 unspecified atom stereocenters. The van der Waals surface area contributed by atoms with Gasteiger partial charge >= 0.3 is 6.18 Å². The van der Waals surface area contributed by atoms with Gasteiger partial charge in [0.1, 0.15) is 11.1 Å². The second-order valence-electron chi connectivity index (χ2n) is 4.57. The zero-order valence-electron chi connectivity index (χ0n) is 10.9. The summed E-state index contributed by atoms with van der Waals surface area (Å²) in [5.41, 5.74) is -0.771. The Balaban J connectivity index is 2.30. The first-order chi connectivity index (χ1) is 8.97. The van der Waals surface area contributed by atoms with Gasteiger partial charge in [0.2, 0.25) is 0 Å². The van der Waals surface area contributed by atoms with Crippen molar-refractivity contribution < 1.29 is 17.9 Å². The summed E-state index contributed by atoms with van der Waals surface area (Å²) in [6.07, 6.45) is -2.66. The molecule has 0 aromatic carbocycles. The van der Waals surface area contributed by atoms with Crippen molar-refractivity contribution in [3.05, 3.63) is 15.6 Å². The van der Waals surface area contributed by atoms with E-state index in [1.165, 1.54) is 0 Å². The number of alkyl halides is 3. The average Bonchev–Trinajstić information content (AvgIpc) is 3.06. The Morgan fingerprint density at radius 1 is 1.47 bits per heavy atom. The smallest absolute Gasteiger partial charge is 0.371 e. The molecule has 1 aromatic rings. The maximum atomic E-state index is 12.9. The number of ether oxygens (including phenoxy) is 1. The van der Waals surface area contributed by atoms with Gasteiger partial charge in [-0.15, -0.1) is 11.3 Å². The van der Waals surface area contributed by atoms with E-state index in [1.54, 1.807) is 7.05 Å². The van der Waals surface area contributed by atoms with Crippen molar-refractivity contribution in [3.8, 4) is 0 Å². The minimum Gasteiger partial charge on any atom is -0.371 e. The summed E-state index contributed by atoms with van der Waals surface area (Å²) in [4.78, 5) is 4.04. The standard InChI is InChI=1S/C12H17F3N2OS/c1-3-18-9(7-4-5-7)11-17-10(12(13,14)15)8(19-11)6-16-2/h7,9,16H,3-6H2,1-2H3. The van der Waals surface area contributed by atoms with E-state index in [1.807, 2.05) is 6.92 Å². The summed E-state index contributed by atoms with van der Waals surface area (Å²) in [5, 5.41) is 3.22. The van der Waals surface area contributed by atoms with Crippen molar-refractivity contribution in [1.29, 1.82) is 0 Å². The molecular formula is C12H17F3N2OS. The molecule has 0 aliphatic heterocycles. The van der Waals surface area contributed by atoms with Crippen LogP contribution in [0.4, 0.5) is 13.2 Å². The average molecular weight is 294 g/mol. The highest BCUT2D eigenvalue weighted by Gasteiger charge is 2.41. The van der Waals surface area contributed by atoms with E-state index in [0.717, 1.165) is 24.2 Å². The van der Waals surface area contributed by atoms with Gasteiger partial charge in [-0.05, 0) is 32.7 Å². The van der Waals surface area contributed by atoms with Gasteiger partial charge in [-0.1, -0.05) is 0 Å². The number of halogens is 3. The monoisotopic (exact) mass is 294 g/mol. The van der Waals surface area contributed by atoms with E-state index < -0.39 is 11.9 Å². The summed E-state index contributed by atoms with van der Waals surface area (Å²) < 4.78 is 44.4. The van der Waals surface area contributed by atoms with Crippen LogP contribution in [-0.4, -0.2) is 18.6 Å². The molecule has 3 nitrogen and oxygen atoms in total. The van der Waals surface area contributed by atoms with Crippen LogP contribution in [0.25, 0.3) is 0 Å². The van der Waals surface area contributed by atoms with Crippen molar-refractivity contribution in [2.45, 2.75) is 38.6 Å². The molecule has 1 heterocycles. The van der Waals surface area contributed by atoms with Crippen molar-refractivity contribution in [3.63, 3.8) is 0 Å². The van der Waals surface area contributed by atoms with Crippen LogP contribution < -0.4 is 5.32 Å². The number of rotatable bonds is 6. The predicted octanol–water partition coefficient (Wildman–Crippen LogP) is 3.37. The Hall–Kier alpha value is -0.660. The molecule has 2 rings (SSSR count). The van der Waals surface area contributed by atoms with Crippen molar-refractivity contribution in [2.24, 2.45) is 5.92 Å². The lowest BCUT2D eigenvalue weighted by Crippen LogP contribution is -2.13. The Labute approximate surface area is 114 Å². The fourth-order valence-corrected chi connectivity index (χ4v) is 3.22. The lowest BCUT2D eigenvalue weighted by atomic mass is 10.2. The molecular weight excluding hydrogens is 277 g/mol. The van der Waals surface area contributed by atoms with Crippen LogP contribution in [0.1, 0.15) is 41.4 Å². The molecule has 0 bridgehead atoms. The maximum absolute atomic E-state index is 12.9. The number of hydrogen-bond donors (Lipinski definition) is 1. The molecule has 19 heavy (non-hydrogen) atoms. The van der Waals surface area contributed by atoms with Crippen molar-refractivity contribution in [2.75, 3.05) is 13.7 Å². The van der Waals surface area contributed by atoms with E-state index >= 15 is 0 Å². The topological polar surface area (TPSA) is 34.1 Å². The molecule has 1 aliphatic carbocycles. The van der Waals surface area contributed by atoms with E-state index in [0.29, 0.717) is 17.5 Å². The van der Waals surface area contributed by atoms with Gasteiger partial charge < -0.3 is 10.1 Å². The fourth-order valence-electron chi connectivity index (χ4n) is 1.98. The lowest BCUT2D eigenvalue weighted by molar-refractivity contribution is -0.141. The molecule has 7 heteroatoms. The molecule has 1 aromatic heterocycles. The van der Waals surface area contributed by atoms with E-state index in [-0.39, 0.29) is 17.5 Å². The molecule has 0 amide bonds. The molecule has 0 saturated heterocycles. The summed E-state index contributed by atoms with van der Waals surface area (Å²) in [6, 6.07) is 0. The van der Waals surface area contributed by atoms with Crippen LogP contribution >= 0.6 is 11.3 Å². The molecule has 108 valence electrons. The third kappa shape index (κ3) is 3.46. The summed E-state index contributed by atoms with van der Waals surface area (Å²) in [5.74, 6) is 0.328. The van der Waals surface area contributed by atoms with Crippen LogP contribution in [0.2, 0.25) is 0 Å². The fraction of sp³-hybridized carbons (Fsp3) is 0.750. The van der Waals surface area contributed by atoms with Gasteiger partial charge in [-0.25, -0.2) is 4.98 Å². The highest BCUT2D eigenvalue weighted by molar-refractivity contribution is 7.11. The first kappa shape index (κ1) is 14.7. The van der Waals surface area contributed by atoms with Crippen LogP contribution in [0.3, 0.4) is 0 Å². The minimum atomic E-state index is -4.40. The maximum Gasteiger partial charge on any atom is 0.434 e. The largest absolute Gasteiger partial charge is 0.434 e. The molecule has 1 atom stereocenters. The number of aromatic nitrogens is 1. The molecule has 1 aliphatic rings. The second kappa shape index (κ2) is 5.76. The lowest BCUT2D eigenvalue weighted by Gasteiger charge is -2.13. The Bertz CT molecular complexity index is 429. The first-order valence-corrected chi connectivity index (χ1v) is 7.12. The van der Waals surface area contributed by atoms with Crippen LogP contribution in [-0.2, 0) is 17.5 Å². The summed E-state index contributed by atoms with van der Waals surface area (Å²) >= 11 is 1.11. The van der Waals surface area contributed by atoms with Crippen molar-refractivity contribution >= 4 is 11.3 Å². The van der Waals surface area contributed by atoms with E-state index in [4.69, 9.17) is 4.74 Å². The first-order valence-electron chi connectivity index (χ1n) is 6.30. The van der Waals surface area contributed by atoms with Crippen LogP contribution in [0.15, 0.2) is 0 Å². The highest BCUT2D eigenvalue weighted by atomic mass is 32.1. The zero-order valence-corrected chi connectivity index (χ0v) is 11.7. The van der Waals surface area contributed by atoms with Gasteiger partial charge in [-0.2, -0.15) is 13.2 Å². The second-order valence-corrected chi connectivity index (χ2v) is 5.68. The Kier molecular flexibility index (Phi) is 4.47. The normalized spacial score (nSPS) is 17.7. The minimum absolute atomic E-state index is 0.177. The highest BCUT2D eigenvalue weighted by Crippen LogP contribution is 2.46. The van der Waals surface area contributed by atoms with Crippen LogP contribution in [0, 0.1) is 5.92 Å². The summed E-state index contributed by atoms with van der Waals surface area (Å²) in [6.45, 7) is 2.52. The Morgan fingerprint density at radius 3 is 2.63 bits per heavy atom. The van der Waals surface area contributed by atoms with Gasteiger partial charge in [0.05, 0.1) is 4.88 Å². The molecule has 1 N–H and O–H groups in total. The molecule has 1 fully saturated rings. The SMILES string of the molecule is CCOC(c1nc(C(F)(F)F)c(CNC)s1)C1CC1. The van der Waals surface area contributed by atoms with Crippen molar-refractivity contribution in [1.82, 2.24) is 10.3 Å². The number of thiazole rings is 1. The molecule has 0 spiro atoms. The number of nitrogens with one attached hydrogen (secondary N) is 1. The third-order valence-electron chi connectivity index (χ3n) is 2.96. The quantitative estimate of drug-likeness (QED) is 0.873. The third-order valence-corrected chi connectivity index (χ3v) is 4.08. The van der Waals surface area contributed by atoms with E-state index in [2.05, 4.69) is 10.3 Å². The van der Waals surface area contributed by atoms with Crippen LogP contribution in [0.5, 0.6) is 0 Å². The number of hydrogen-bond acceptors (Lipinski definition) is 4.